The van der Waals surface area contributed by atoms with E-state index >= 15 is 0 Å². The lowest BCUT2D eigenvalue weighted by Gasteiger charge is -2.08. The largest absolute Gasteiger partial charge is 0.399 e. The van der Waals surface area contributed by atoms with Crippen LogP contribution in [0.3, 0.4) is 0 Å². The molecule has 0 saturated carbocycles. The second kappa shape index (κ2) is 6.47. The summed E-state index contributed by atoms with van der Waals surface area (Å²) in [6, 6.07) is 5.80. The number of nitrogens with two attached hydrogens (primary N) is 1. The van der Waals surface area contributed by atoms with Gasteiger partial charge in [-0.2, -0.15) is 0 Å². The zero-order valence-corrected chi connectivity index (χ0v) is 12.2. The lowest BCUT2D eigenvalue weighted by molar-refractivity contribution is 0.101. The Morgan fingerprint density at radius 2 is 2.15 bits per heavy atom. The molecule has 0 unspecified atom stereocenters. The first kappa shape index (κ1) is 14.5. The standard InChI is InChI=1S/C14H21N5O/c1-10(2)9-20-7-6-19-14(16-17-18-19)12-4-5-13(15)11(3)8-12/h4-5,8,10H,6-7,9,15H2,1-3H3. The molecule has 108 valence electrons. The molecule has 0 atom stereocenters. The van der Waals surface area contributed by atoms with Crippen LogP contribution in [0.5, 0.6) is 0 Å². The van der Waals surface area contributed by atoms with Crippen molar-refractivity contribution in [3.63, 3.8) is 0 Å². The number of ether oxygens (including phenoxy) is 1. The van der Waals surface area contributed by atoms with Crippen LogP contribution < -0.4 is 5.73 Å². The molecule has 0 aliphatic carbocycles. The second-order valence-electron chi connectivity index (χ2n) is 5.27. The Balaban J connectivity index is 2.06. The first-order valence-corrected chi connectivity index (χ1v) is 6.78. The Kier molecular flexibility index (Phi) is 4.68. The summed E-state index contributed by atoms with van der Waals surface area (Å²) in [4.78, 5) is 0. The molecule has 0 bridgehead atoms. The van der Waals surface area contributed by atoms with Crippen LogP contribution in [0.25, 0.3) is 11.4 Å². The first-order chi connectivity index (χ1) is 9.58. The molecule has 0 aliphatic rings. The number of nitrogens with zero attached hydrogens (tertiary/aromatic N) is 4. The number of hydrogen-bond donors (Lipinski definition) is 1. The molecule has 1 heterocycles. The molecule has 2 N–H and O–H groups in total. The van der Waals surface area contributed by atoms with E-state index in [1.807, 2.05) is 25.1 Å². The number of tetrazole rings is 1. The topological polar surface area (TPSA) is 78.8 Å². The maximum Gasteiger partial charge on any atom is 0.182 e. The van der Waals surface area contributed by atoms with Gasteiger partial charge in [0.15, 0.2) is 5.82 Å². The predicted octanol–water partition coefficient (Wildman–Crippen LogP) is 1.90. The molecule has 0 amide bonds. The zero-order chi connectivity index (χ0) is 14.5. The highest BCUT2D eigenvalue weighted by Crippen LogP contribution is 2.20. The fourth-order valence-corrected chi connectivity index (χ4v) is 1.85. The third-order valence-corrected chi connectivity index (χ3v) is 2.96. The fraction of sp³-hybridized carbons (Fsp3) is 0.500. The summed E-state index contributed by atoms with van der Waals surface area (Å²) in [5.41, 5.74) is 8.58. The van der Waals surface area contributed by atoms with Crippen molar-refractivity contribution in [3.8, 4) is 11.4 Å². The smallest absolute Gasteiger partial charge is 0.182 e. The van der Waals surface area contributed by atoms with Crippen molar-refractivity contribution in [2.24, 2.45) is 5.92 Å². The van der Waals surface area contributed by atoms with Gasteiger partial charge in [0.25, 0.3) is 0 Å². The highest BCUT2D eigenvalue weighted by molar-refractivity contribution is 5.61. The minimum atomic E-state index is 0.531. The summed E-state index contributed by atoms with van der Waals surface area (Å²) in [7, 11) is 0. The lowest BCUT2D eigenvalue weighted by atomic mass is 10.1. The normalized spacial score (nSPS) is 11.2. The summed E-state index contributed by atoms with van der Waals surface area (Å²) < 4.78 is 7.32. The van der Waals surface area contributed by atoms with Crippen molar-refractivity contribution in [1.82, 2.24) is 20.2 Å². The highest BCUT2D eigenvalue weighted by atomic mass is 16.5. The van der Waals surface area contributed by atoms with Crippen molar-refractivity contribution < 1.29 is 4.74 Å². The molecular weight excluding hydrogens is 254 g/mol. The van der Waals surface area contributed by atoms with Crippen molar-refractivity contribution in [3.05, 3.63) is 23.8 Å². The maximum absolute atomic E-state index is 5.83. The van der Waals surface area contributed by atoms with Crippen LogP contribution in [0.2, 0.25) is 0 Å². The number of aryl methyl sites for hydroxylation is 1. The van der Waals surface area contributed by atoms with Crippen LogP contribution >= 0.6 is 0 Å². The number of rotatable bonds is 6. The van der Waals surface area contributed by atoms with Gasteiger partial charge in [-0.05, 0) is 47.0 Å². The number of anilines is 1. The van der Waals surface area contributed by atoms with Crippen molar-refractivity contribution in [2.45, 2.75) is 27.3 Å². The van der Waals surface area contributed by atoms with Gasteiger partial charge in [-0.15, -0.1) is 5.10 Å². The van der Waals surface area contributed by atoms with Gasteiger partial charge in [-0.3, -0.25) is 0 Å². The van der Waals surface area contributed by atoms with Gasteiger partial charge in [-0.25, -0.2) is 4.68 Å². The molecular formula is C14H21N5O. The van der Waals surface area contributed by atoms with Crippen molar-refractivity contribution in [1.29, 1.82) is 0 Å². The molecule has 1 aromatic carbocycles. The number of nitrogen functional groups attached to an aromatic ring is 1. The monoisotopic (exact) mass is 275 g/mol. The van der Waals surface area contributed by atoms with Crippen LogP contribution in [0.4, 0.5) is 5.69 Å². The van der Waals surface area contributed by atoms with Gasteiger partial charge >= 0.3 is 0 Å². The summed E-state index contributed by atoms with van der Waals surface area (Å²) >= 11 is 0. The van der Waals surface area contributed by atoms with E-state index in [2.05, 4.69) is 29.4 Å². The summed E-state index contributed by atoms with van der Waals surface area (Å²) in [5, 5.41) is 11.8. The Hall–Kier alpha value is -1.95. The van der Waals surface area contributed by atoms with Gasteiger partial charge in [-0.1, -0.05) is 13.8 Å². The quantitative estimate of drug-likeness (QED) is 0.643. The summed E-state index contributed by atoms with van der Waals surface area (Å²) in [6.45, 7) is 8.21. The molecule has 0 aliphatic heterocycles. The molecule has 2 rings (SSSR count). The van der Waals surface area contributed by atoms with Crippen LogP contribution in [0.15, 0.2) is 18.2 Å². The van der Waals surface area contributed by atoms with E-state index in [0.29, 0.717) is 19.1 Å². The van der Waals surface area contributed by atoms with Crippen LogP contribution in [-0.4, -0.2) is 33.4 Å². The van der Waals surface area contributed by atoms with Crippen LogP contribution in [-0.2, 0) is 11.3 Å². The van der Waals surface area contributed by atoms with Gasteiger partial charge in [0.05, 0.1) is 13.2 Å². The van der Waals surface area contributed by atoms with Gasteiger partial charge in [0.2, 0.25) is 0 Å². The Morgan fingerprint density at radius 1 is 1.35 bits per heavy atom. The van der Waals surface area contributed by atoms with E-state index in [1.165, 1.54) is 0 Å². The number of benzene rings is 1. The fourth-order valence-electron chi connectivity index (χ4n) is 1.85. The van der Waals surface area contributed by atoms with Crippen LogP contribution in [0.1, 0.15) is 19.4 Å². The van der Waals surface area contributed by atoms with Gasteiger partial charge in [0, 0.05) is 17.9 Å². The van der Waals surface area contributed by atoms with Crippen molar-refractivity contribution >= 4 is 5.69 Å². The van der Waals surface area contributed by atoms with E-state index in [9.17, 15) is 0 Å². The molecule has 0 radical (unpaired) electrons. The van der Waals surface area contributed by atoms with E-state index < -0.39 is 0 Å². The lowest BCUT2D eigenvalue weighted by Crippen LogP contribution is -2.11. The molecule has 0 spiro atoms. The third kappa shape index (κ3) is 3.54. The van der Waals surface area contributed by atoms with E-state index in [0.717, 1.165) is 29.2 Å². The minimum absolute atomic E-state index is 0.531. The SMILES string of the molecule is Cc1cc(-c2nnnn2CCOCC(C)C)ccc1N. The first-order valence-electron chi connectivity index (χ1n) is 6.78. The van der Waals surface area contributed by atoms with E-state index in [4.69, 9.17) is 10.5 Å². The maximum atomic E-state index is 5.83. The number of hydrogen-bond acceptors (Lipinski definition) is 5. The Labute approximate surface area is 118 Å². The molecule has 2 aromatic rings. The average molecular weight is 275 g/mol. The molecule has 20 heavy (non-hydrogen) atoms. The Morgan fingerprint density at radius 3 is 2.85 bits per heavy atom. The third-order valence-electron chi connectivity index (χ3n) is 2.96. The molecule has 0 saturated heterocycles. The molecule has 6 heteroatoms. The van der Waals surface area contributed by atoms with E-state index in [1.54, 1.807) is 4.68 Å². The minimum Gasteiger partial charge on any atom is -0.399 e. The summed E-state index contributed by atoms with van der Waals surface area (Å²) in [5.74, 6) is 1.27. The Bertz CT molecular complexity index is 564. The van der Waals surface area contributed by atoms with Crippen LogP contribution in [0, 0.1) is 12.8 Å². The zero-order valence-electron chi connectivity index (χ0n) is 12.2. The molecule has 1 aromatic heterocycles. The van der Waals surface area contributed by atoms with Gasteiger partial charge < -0.3 is 10.5 Å². The van der Waals surface area contributed by atoms with E-state index in [-0.39, 0.29) is 0 Å². The predicted molar refractivity (Wildman–Crippen MR) is 78.1 cm³/mol. The molecule has 6 nitrogen and oxygen atoms in total. The average Bonchev–Trinajstić information content (AvgIpc) is 2.86. The molecule has 0 fully saturated rings. The van der Waals surface area contributed by atoms with Crippen molar-refractivity contribution in [2.75, 3.05) is 18.9 Å². The summed E-state index contributed by atoms with van der Waals surface area (Å²) in [6.07, 6.45) is 0. The van der Waals surface area contributed by atoms with Gasteiger partial charge in [0.1, 0.15) is 0 Å². The number of aromatic nitrogens is 4. The second-order valence-corrected chi connectivity index (χ2v) is 5.27. The highest BCUT2D eigenvalue weighted by Gasteiger charge is 2.09.